The van der Waals surface area contributed by atoms with Crippen LogP contribution in [0.4, 0.5) is 0 Å². The van der Waals surface area contributed by atoms with E-state index in [0.29, 0.717) is 0 Å². The van der Waals surface area contributed by atoms with E-state index in [-0.39, 0.29) is 24.8 Å². The number of halogens is 2. The fourth-order valence-corrected chi connectivity index (χ4v) is 1.30. The van der Waals surface area contributed by atoms with E-state index in [1.165, 1.54) is 25.5 Å². The van der Waals surface area contributed by atoms with Crippen LogP contribution in [-0.2, 0) is 24.2 Å². The summed E-state index contributed by atoms with van der Waals surface area (Å²) in [5.41, 5.74) is 5.42. The fraction of sp³-hybridized carbons (Fsp3) is 0.471. The Balaban J connectivity index is -0.000000215. The third-order valence-electron chi connectivity index (χ3n) is 2.73. The molecule has 0 heterocycles. The molecule has 0 amide bonds. The van der Waals surface area contributed by atoms with Gasteiger partial charge in [-0.05, 0) is 0 Å². The topological polar surface area (TPSA) is 0 Å². The fourth-order valence-electron chi connectivity index (χ4n) is 1.30. The van der Waals surface area contributed by atoms with Gasteiger partial charge in [0.25, 0.3) is 0 Å². The minimum absolute atomic E-state index is 0. The molecule has 0 aliphatic heterocycles. The van der Waals surface area contributed by atoms with Gasteiger partial charge in [0, 0.05) is 0 Å². The molecule has 0 fully saturated rings. The van der Waals surface area contributed by atoms with Crippen molar-refractivity contribution in [2.75, 3.05) is 0 Å². The molecule has 0 spiro atoms. The normalized spacial score (nSPS) is 14.8. The summed E-state index contributed by atoms with van der Waals surface area (Å²) in [6.45, 7) is 12.7. The average Bonchev–Trinajstić information content (AvgIpc) is 2.79. The first-order valence-electron chi connectivity index (χ1n) is 6.35. The van der Waals surface area contributed by atoms with Gasteiger partial charge < -0.3 is 24.8 Å². The predicted octanol–water partition coefficient (Wildman–Crippen LogP) is -1.07. The maximum atomic E-state index is 3.19. The van der Waals surface area contributed by atoms with E-state index in [0.717, 1.165) is 12.8 Å². The molecule has 0 bridgehead atoms. The van der Waals surface area contributed by atoms with Gasteiger partial charge in [-0.3, -0.25) is 12.2 Å². The molecule has 0 unspecified atom stereocenters. The molecule has 112 valence electrons. The quantitative estimate of drug-likeness (QED) is 0.462. The molecule has 2 aliphatic rings. The Morgan fingerprint density at radius 2 is 1.10 bits per heavy atom. The Hall–Kier alpha value is 0.293. The third-order valence-corrected chi connectivity index (χ3v) is 2.73. The van der Waals surface area contributed by atoms with Crippen molar-refractivity contribution < 1.29 is 49.0 Å². The van der Waals surface area contributed by atoms with Crippen LogP contribution in [0.3, 0.4) is 0 Å². The zero-order valence-electron chi connectivity index (χ0n) is 13.3. The summed E-state index contributed by atoms with van der Waals surface area (Å²) < 4.78 is 1.51. The summed E-state index contributed by atoms with van der Waals surface area (Å²) in [5, 5.41) is 0. The summed E-state index contributed by atoms with van der Waals surface area (Å²) in [6.07, 6.45) is 12.8. The van der Waals surface area contributed by atoms with E-state index in [1.54, 1.807) is 24.2 Å². The van der Waals surface area contributed by atoms with Crippen molar-refractivity contribution in [1.82, 2.24) is 0 Å². The molecule has 0 radical (unpaired) electrons. The number of hydrogen-bond acceptors (Lipinski definition) is 0. The smallest absolute Gasteiger partial charge is 1.00 e. The third kappa shape index (κ3) is 13.3. The Kier molecular flexibility index (Phi) is 18.0. The van der Waals surface area contributed by atoms with Crippen LogP contribution >= 0.6 is 0 Å². The molecule has 2 rings (SSSR count). The van der Waals surface area contributed by atoms with Gasteiger partial charge in [-0.2, -0.15) is 12.2 Å². The maximum Gasteiger partial charge on any atom is -1.00 e. The SMILES string of the molecule is CC1=[C-]CC=C1C.CC1=[C-]CC=C1C.C[C](C)=[Zr+2].[Cl-].[Cl-]. The second-order valence-electron chi connectivity index (χ2n) is 4.79. The van der Waals surface area contributed by atoms with E-state index in [4.69, 9.17) is 0 Å². The first-order valence-corrected chi connectivity index (χ1v) is 7.58. The monoisotopic (exact) mass is 388 g/mol. The van der Waals surface area contributed by atoms with E-state index >= 15 is 0 Å². The minimum atomic E-state index is 0. The zero-order valence-corrected chi connectivity index (χ0v) is 17.3. The second-order valence-corrected chi connectivity index (χ2v) is 7.24. The maximum absolute atomic E-state index is 3.19. The van der Waals surface area contributed by atoms with E-state index in [9.17, 15) is 0 Å². The van der Waals surface area contributed by atoms with Gasteiger partial charge in [0.05, 0.1) is 0 Å². The molecular weight excluding hydrogens is 366 g/mol. The van der Waals surface area contributed by atoms with Gasteiger partial charge in [0.1, 0.15) is 0 Å². The molecule has 0 aromatic carbocycles. The van der Waals surface area contributed by atoms with Crippen LogP contribution in [0.5, 0.6) is 0 Å². The van der Waals surface area contributed by atoms with Gasteiger partial charge in [0.2, 0.25) is 0 Å². The van der Waals surface area contributed by atoms with Crippen LogP contribution in [0.15, 0.2) is 34.4 Å². The molecule has 3 heteroatoms. The number of allylic oxidation sites excluding steroid dienone is 8. The Bertz CT molecular complexity index is 343. The Labute approximate surface area is 152 Å². The molecule has 0 aromatic heterocycles. The molecule has 0 atom stereocenters. The Morgan fingerprint density at radius 1 is 0.850 bits per heavy atom. The molecule has 0 saturated heterocycles. The average molecular weight is 391 g/mol. The van der Waals surface area contributed by atoms with E-state index in [1.807, 2.05) is 0 Å². The van der Waals surface area contributed by atoms with E-state index in [2.05, 4.69) is 65.8 Å². The second kappa shape index (κ2) is 14.2. The van der Waals surface area contributed by atoms with Crippen LogP contribution in [0.2, 0.25) is 0 Å². The molecule has 0 aromatic rings. The molecule has 2 aliphatic carbocycles. The number of hydrogen-bond donors (Lipinski definition) is 0. The van der Waals surface area contributed by atoms with Crippen molar-refractivity contribution in [2.24, 2.45) is 0 Å². The van der Waals surface area contributed by atoms with Gasteiger partial charge in [-0.15, -0.1) is 26.7 Å². The molecule has 20 heavy (non-hydrogen) atoms. The van der Waals surface area contributed by atoms with Crippen LogP contribution in [0.25, 0.3) is 0 Å². The summed E-state index contributed by atoms with van der Waals surface area (Å²) in [4.78, 5) is 0. The first-order chi connectivity index (χ1) is 8.34. The summed E-state index contributed by atoms with van der Waals surface area (Å²) in [5.74, 6) is 0. The van der Waals surface area contributed by atoms with Crippen molar-refractivity contribution >= 4 is 3.21 Å². The van der Waals surface area contributed by atoms with Gasteiger partial charge in [-0.25, -0.2) is 22.3 Å². The van der Waals surface area contributed by atoms with Crippen LogP contribution in [-0.4, -0.2) is 3.21 Å². The summed E-state index contributed by atoms with van der Waals surface area (Å²) in [7, 11) is 0. The molecule has 0 nitrogen and oxygen atoms in total. The predicted molar refractivity (Wildman–Crippen MR) is 78.0 cm³/mol. The van der Waals surface area contributed by atoms with Crippen molar-refractivity contribution in [3.63, 3.8) is 0 Å². The largest absolute Gasteiger partial charge is 1.00 e. The van der Waals surface area contributed by atoms with Gasteiger partial charge >= 0.3 is 41.3 Å². The molecule has 0 saturated carbocycles. The van der Waals surface area contributed by atoms with Gasteiger partial charge in [-0.1, -0.05) is 13.8 Å². The number of rotatable bonds is 0. The van der Waals surface area contributed by atoms with Crippen molar-refractivity contribution in [2.45, 2.75) is 54.4 Å². The molecular formula is C17H24Cl2Zr-2. The Morgan fingerprint density at radius 3 is 1.15 bits per heavy atom. The van der Waals surface area contributed by atoms with E-state index < -0.39 is 0 Å². The molecule has 0 N–H and O–H groups in total. The summed E-state index contributed by atoms with van der Waals surface area (Å²) >= 11 is 1.55. The van der Waals surface area contributed by atoms with Crippen molar-refractivity contribution in [3.05, 3.63) is 46.6 Å². The van der Waals surface area contributed by atoms with Crippen LogP contribution in [0.1, 0.15) is 54.4 Å². The standard InChI is InChI=1S/2C7H9.C3H6.2ClH.Zr/c2*1-6-4-3-5-7(6)2;1-3-2;;;/h2*4H,3H2,1-2H3;1-2H3;2*1H;/q2*-1;;;;+2/p-2. The zero-order chi connectivity index (χ0) is 14.1. The first kappa shape index (κ1) is 25.3. The van der Waals surface area contributed by atoms with Crippen LogP contribution in [0, 0.1) is 12.2 Å². The van der Waals surface area contributed by atoms with Gasteiger partial charge in [0.15, 0.2) is 0 Å². The van der Waals surface area contributed by atoms with Crippen molar-refractivity contribution in [1.29, 1.82) is 0 Å². The van der Waals surface area contributed by atoms with Crippen molar-refractivity contribution in [3.8, 4) is 0 Å². The summed E-state index contributed by atoms with van der Waals surface area (Å²) in [6, 6.07) is 0. The minimum Gasteiger partial charge on any atom is -1.00 e. The van der Waals surface area contributed by atoms with Crippen LogP contribution < -0.4 is 24.8 Å².